The van der Waals surface area contributed by atoms with Crippen LogP contribution in [0, 0.1) is 0 Å². The second kappa shape index (κ2) is 6.10. The molecule has 0 radical (unpaired) electrons. The third kappa shape index (κ3) is 3.31. The van der Waals surface area contributed by atoms with E-state index in [9.17, 15) is 8.42 Å². The van der Waals surface area contributed by atoms with Crippen molar-refractivity contribution in [2.24, 2.45) is 0 Å². The molecule has 0 amide bonds. The lowest BCUT2D eigenvalue weighted by atomic mass is 10.3. The number of sulfonamides is 1. The Morgan fingerprint density at radius 3 is 2.74 bits per heavy atom. The molecule has 0 aliphatic carbocycles. The Labute approximate surface area is 126 Å². The van der Waals surface area contributed by atoms with Crippen LogP contribution in [-0.2, 0) is 14.8 Å². The predicted octanol–water partition coefficient (Wildman–Crippen LogP) is 2.51. The maximum atomic E-state index is 12.6. The number of rotatable bonds is 3. The molecular formula is C12H15BrClNO3S. The van der Waals surface area contributed by atoms with Gasteiger partial charge in [0.05, 0.1) is 17.2 Å². The quantitative estimate of drug-likeness (QED) is 0.770. The van der Waals surface area contributed by atoms with Crippen LogP contribution in [0.25, 0.3) is 0 Å². The van der Waals surface area contributed by atoms with Gasteiger partial charge < -0.3 is 4.74 Å². The topological polar surface area (TPSA) is 46.6 Å². The lowest BCUT2D eigenvalue weighted by Crippen LogP contribution is -2.49. The molecule has 1 fully saturated rings. The molecule has 19 heavy (non-hydrogen) atoms. The van der Waals surface area contributed by atoms with Gasteiger partial charge in [-0.25, -0.2) is 8.42 Å². The highest BCUT2D eigenvalue weighted by molar-refractivity contribution is 9.09. The summed E-state index contributed by atoms with van der Waals surface area (Å²) in [4.78, 5) is 0.152. The van der Waals surface area contributed by atoms with E-state index < -0.39 is 10.0 Å². The second-order valence-electron chi connectivity index (χ2n) is 4.48. The highest BCUT2D eigenvalue weighted by Crippen LogP contribution is 2.26. The van der Waals surface area contributed by atoms with Crippen LogP contribution in [0.2, 0.25) is 5.02 Å². The first-order valence-electron chi connectivity index (χ1n) is 5.91. The number of hydrogen-bond acceptors (Lipinski definition) is 3. The molecular weight excluding hydrogens is 354 g/mol. The molecule has 1 saturated heterocycles. The summed E-state index contributed by atoms with van der Waals surface area (Å²) in [6.45, 7) is 2.55. The second-order valence-corrected chi connectivity index (χ2v) is 7.44. The normalized spacial score (nSPS) is 25.4. The van der Waals surface area contributed by atoms with Gasteiger partial charge in [0.2, 0.25) is 10.0 Å². The van der Waals surface area contributed by atoms with Crippen LogP contribution in [0.1, 0.15) is 6.92 Å². The smallest absolute Gasteiger partial charge is 0.244 e. The van der Waals surface area contributed by atoms with E-state index in [1.54, 1.807) is 18.2 Å². The van der Waals surface area contributed by atoms with Gasteiger partial charge in [-0.1, -0.05) is 39.7 Å². The molecule has 0 bridgehead atoms. The molecule has 1 aliphatic heterocycles. The Morgan fingerprint density at radius 2 is 2.11 bits per heavy atom. The summed E-state index contributed by atoms with van der Waals surface area (Å²) >= 11 is 9.32. The number of alkyl halides is 1. The third-order valence-corrected chi connectivity index (χ3v) is 5.97. The predicted molar refractivity (Wildman–Crippen MR) is 78.3 cm³/mol. The molecule has 0 aromatic heterocycles. The summed E-state index contributed by atoms with van der Waals surface area (Å²) in [6.07, 6.45) is -0.269. The lowest BCUT2D eigenvalue weighted by molar-refractivity contribution is -0.0411. The maximum Gasteiger partial charge on any atom is 0.244 e. The van der Waals surface area contributed by atoms with Gasteiger partial charge in [-0.05, 0) is 19.1 Å². The van der Waals surface area contributed by atoms with E-state index in [1.807, 2.05) is 6.92 Å². The summed E-state index contributed by atoms with van der Waals surface area (Å²) in [5.74, 6) is 0. The molecule has 0 N–H and O–H groups in total. The van der Waals surface area contributed by atoms with Crippen LogP contribution in [-0.4, -0.2) is 43.4 Å². The maximum absolute atomic E-state index is 12.6. The average Bonchev–Trinajstić information content (AvgIpc) is 2.38. The zero-order valence-corrected chi connectivity index (χ0v) is 13.6. The Hall–Kier alpha value is -0.140. The molecule has 1 aromatic rings. The van der Waals surface area contributed by atoms with Gasteiger partial charge in [0.15, 0.2) is 0 Å². The van der Waals surface area contributed by atoms with Gasteiger partial charge in [-0.2, -0.15) is 4.31 Å². The minimum atomic E-state index is -3.57. The fourth-order valence-corrected chi connectivity index (χ4v) is 4.47. The van der Waals surface area contributed by atoms with E-state index in [0.29, 0.717) is 18.4 Å². The van der Waals surface area contributed by atoms with Crippen LogP contribution >= 0.6 is 27.5 Å². The van der Waals surface area contributed by atoms with Crippen molar-refractivity contribution in [1.82, 2.24) is 4.31 Å². The number of nitrogens with zero attached hydrogens (tertiary/aromatic N) is 1. The fourth-order valence-electron chi connectivity index (χ4n) is 2.08. The average molecular weight is 369 g/mol. The minimum Gasteiger partial charge on any atom is -0.372 e. The van der Waals surface area contributed by atoms with Gasteiger partial charge in [-0.3, -0.25) is 0 Å². The van der Waals surface area contributed by atoms with Crippen molar-refractivity contribution in [2.75, 3.05) is 18.4 Å². The third-order valence-electron chi connectivity index (χ3n) is 2.92. The van der Waals surface area contributed by atoms with E-state index in [1.165, 1.54) is 10.4 Å². The van der Waals surface area contributed by atoms with Crippen molar-refractivity contribution in [3.8, 4) is 0 Å². The number of halogens is 2. The Kier molecular flexibility index (Phi) is 4.89. The largest absolute Gasteiger partial charge is 0.372 e. The Morgan fingerprint density at radius 1 is 1.42 bits per heavy atom. The molecule has 1 aliphatic rings. The van der Waals surface area contributed by atoms with Crippen LogP contribution in [0.5, 0.6) is 0 Å². The van der Waals surface area contributed by atoms with E-state index >= 15 is 0 Å². The molecule has 4 nitrogen and oxygen atoms in total. The van der Waals surface area contributed by atoms with Crippen molar-refractivity contribution in [1.29, 1.82) is 0 Å². The van der Waals surface area contributed by atoms with Gasteiger partial charge >= 0.3 is 0 Å². The van der Waals surface area contributed by atoms with Gasteiger partial charge in [-0.15, -0.1) is 0 Å². The molecule has 1 heterocycles. The Bertz CT molecular complexity index is 552. The molecule has 2 rings (SSSR count). The van der Waals surface area contributed by atoms with Crippen LogP contribution in [0.4, 0.5) is 0 Å². The summed E-state index contributed by atoms with van der Waals surface area (Å²) in [6, 6.07) is 6.50. The fraction of sp³-hybridized carbons (Fsp3) is 0.500. The first-order valence-corrected chi connectivity index (χ1v) is 8.85. The van der Waals surface area contributed by atoms with Gasteiger partial charge in [0.25, 0.3) is 0 Å². The van der Waals surface area contributed by atoms with Crippen molar-refractivity contribution < 1.29 is 13.2 Å². The van der Waals surface area contributed by atoms with E-state index in [2.05, 4.69) is 15.9 Å². The summed E-state index contributed by atoms with van der Waals surface area (Å²) in [5.41, 5.74) is 0. The molecule has 1 aromatic carbocycles. The van der Waals surface area contributed by atoms with Crippen LogP contribution in [0.15, 0.2) is 29.2 Å². The minimum absolute atomic E-state index is 0.131. The summed E-state index contributed by atoms with van der Waals surface area (Å²) < 4.78 is 32.3. The van der Waals surface area contributed by atoms with Gasteiger partial charge in [0, 0.05) is 18.4 Å². The zero-order valence-electron chi connectivity index (χ0n) is 10.4. The summed E-state index contributed by atoms with van der Waals surface area (Å²) in [7, 11) is -3.57. The van der Waals surface area contributed by atoms with Gasteiger partial charge in [0.1, 0.15) is 4.90 Å². The summed E-state index contributed by atoms with van der Waals surface area (Å²) in [5, 5.41) is 0.850. The first kappa shape index (κ1) is 15.3. The Balaban J connectivity index is 2.32. The first-order chi connectivity index (χ1) is 8.95. The zero-order chi connectivity index (χ0) is 14.0. The molecule has 0 saturated carbocycles. The number of benzene rings is 1. The van der Waals surface area contributed by atoms with Crippen molar-refractivity contribution in [3.05, 3.63) is 29.3 Å². The highest BCUT2D eigenvalue weighted by atomic mass is 79.9. The molecule has 2 unspecified atom stereocenters. The van der Waals surface area contributed by atoms with Crippen LogP contribution in [0.3, 0.4) is 0 Å². The monoisotopic (exact) mass is 367 g/mol. The van der Waals surface area contributed by atoms with Crippen molar-refractivity contribution in [2.45, 2.75) is 24.0 Å². The highest BCUT2D eigenvalue weighted by Gasteiger charge is 2.34. The van der Waals surface area contributed by atoms with E-state index in [-0.39, 0.29) is 22.1 Å². The van der Waals surface area contributed by atoms with Crippen LogP contribution < -0.4 is 0 Å². The molecule has 2 atom stereocenters. The molecule has 106 valence electrons. The molecule has 7 heteroatoms. The van der Waals surface area contributed by atoms with Crippen molar-refractivity contribution in [3.63, 3.8) is 0 Å². The standard InChI is InChI=1S/C12H15BrClNO3S/c1-9-7-15(8-10(6-13)18-9)19(16,17)12-5-3-2-4-11(12)14/h2-5,9-10H,6-8H2,1H3. The number of hydrogen-bond donors (Lipinski definition) is 0. The van der Waals surface area contributed by atoms with E-state index in [4.69, 9.17) is 16.3 Å². The molecule has 0 spiro atoms. The lowest BCUT2D eigenvalue weighted by Gasteiger charge is -2.35. The number of morpholine rings is 1. The van der Waals surface area contributed by atoms with Crippen molar-refractivity contribution >= 4 is 37.6 Å². The SMILES string of the molecule is CC1CN(S(=O)(=O)c2ccccc2Cl)CC(CBr)O1. The number of ether oxygens (including phenoxy) is 1. The van der Waals surface area contributed by atoms with E-state index in [0.717, 1.165) is 0 Å².